The molecule has 2 amide bonds. The van der Waals surface area contributed by atoms with Gasteiger partial charge in [0, 0.05) is 24.0 Å². The number of rotatable bonds is 5. The van der Waals surface area contributed by atoms with E-state index >= 15 is 0 Å². The number of thiophene rings is 1. The molecule has 1 fully saturated rings. The number of nitrogens with zero attached hydrogens (tertiary/aromatic N) is 2. The fourth-order valence-electron chi connectivity index (χ4n) is 3.69. The molecule has 0 spiro atoms. The van der Waals surface area contributed by atoms with Crippen LogP contribution in [-0.2, 0) is 11.3 Å². The van der Waals surface area contributed by atoms with Crippen LogP contribution in [-0.4, -0.2) is 47.9 Å². The number of para-hydroxylation sites is 2. The summed E-state index contributed by atoms with van der Waals surface area (Å²) in [6.07, 6.45) is 1.45. The summed E-state index contributed by atoms with van der Waals surface area (Å²) in [4.78, 5) is 32.7. The summed E-state index contributed by atoms with van der Waals surface area (Å²) in [5.74, 6) is -0.272. The van der Waals surface area contributed by atoms with E-state index < -0.39 is 0 Å². The normalized spacial score (nSPS) is 20.3. The summed E-state index contributed by atoms with van der Waals surface area (Å²) in [6.45, 7) is 1.92. The van der Waals surface area contributed by atoms with E-state index in [0.29, 0.717) is 30.7 Å². The zero-order chi connectivity index (χ0) is 20.2. The predicted octanol–water partition coefficient (Wildman–Crippen LogP) is 2.65. The van der Waals surface area contributed by atoms with Crippen molar-refractivity contribution in [3.05, 3.63) is 52.5 Å². The SMILES string of the molecule is CN1C[C@@H](NC(=O)c2nc3ccccc3o2)CC[C@@H](C(=O)NCc2cccs2)C1. The minimum Gasteiger partial charge on any atom is -0.432 e. The summed E-state index contributed by atoms with van der Waals surface area (Å²) in [5, 5.41) is 8.05. The van der Waals surface area contributed by atoms with Gasteiger partial charge in [-0.3, -0.25) is 9.59 Å². The third-order valence-electron chi connectivity index (χ3n) is 5.14. The standard InChI is InChI=1S/C21H24N4O3S/c1-25-12-14(19(26)22-11-16-5-4-10-29-16)8-9-15(13-25)23-20(27)21-24-17-6-2-3-7-18(17)28-21/h2-7,10,14-15H,8-9,11-13H2,1H3,(H,22,26)(H,23,27)/t14-,15+/m1/s1. The summed E-state index contributed by atoms with van der Waals surface area (Å²) in [5.41, 5.74) is 1.26. The fourth-order valence-corrected chi connectivity index (χ4v) is 4.34. The zero-order valence-electron chi connectivity index (χ0n) is 16.3. The number of nitrogens with one attached hydrogen (secondary N) is 2. The summed E-state index contributed by atoms with van der Waals surface area (Å²) in [7, 11) is 1.98. The Balaban J connectivity index is 1.33. The van der Waals surface area contributed by atoms with Crippen LogP contribution in [0, 0.1) is 5.92 Å². The van der Waals surface area contributed by atoms with Crippen LogP contribution in [0.1, 0.15) is 28.4 Å². The number of aromatic nitrogens is 1. The van der Waals surface area contributed by atoms with Gasteiger partial charge in [0.2, 0.25) is 5.91 Å². The number of fused-ring (bicyclic) bond motifs is 1. The van der Waals surface area contributed by atoms with Gasteiger partial charge >= 0.3 is 5.91 Å². The van der Waals surface area contributed by atoms with Gasteiger partial charge in [0.25, 0.3) is 5.89 Å². The third-order valence-corrected chi connectivity index (χ3v) is 6.02. The molecule has 2 aromatic heterocycles. The third kappa shape index (κ3) is 4.83. The lowest BCUT2D eigenvalue weighted by atomic mass is 10.0. The van der Waals surface area contributed by atoms with E-state index in [4.69, 9.17) is 4.42 Å². The molecule has 0 aliphatic carbocycles. The molecule has 2 atom stereocenters. The number of likely N-dealkylation sites (N-methyl/N-ethyl adjacent to an activating group) is 1. The molecule has 0 saturated carbocycles. The van der Waals surface area contributed by atoms with Crippen molar-refractivity contribution in [2.75, 3.05) is 20.1 Å². The molecule has 29 heavy (non-hydrogen) atoms. The summed E-state index contributed by atoms with van der Waals surface area (Å²) < 4.78 is 5.56. The first-order valence-electron chi connectivity index (χ1n) is 9.73. The molecule has 4 rings (SSSR count). The Hall–Kier alpha value is -2.71. The van der Waals surface area contributed by atoms with Gasteiger partial charge in [0.15, 0.2) is 5.58 Å². The molecule has 1 aliphatic heterocycles. The van der Waals surface area contributed by atoms with Crippen LogP contribution in [0.4, 0.5) is 0 Å². The molecule has 3 heterocycles. The average Bonchev–Trinajstić information content (AvgIpc) is 3.34. The highest BCUT2D eigenvalue weighted by Gasteiger charge is 2.28. The van der Waals surface area contributed by atoms with E-state index in [-0.39, 0.29) is 29.7 Å². The van der Waals surface area contributed by atoms with Crippen molar-refractivity contribution in [2.45, 2.75) is 25.4 Å². The molecular formula is C21H24N4O3S. The van der Waals surface area contributed by atoms with Gasteiger partial charge in [-0.2, -0.15) is 0 Å². The van der Waals surface area contributed by atoms with E-state index in [0.717, 1.165) is 17.7 Å². The Morgan fingerprint density at radius 2 is 2.07 bits per heavy atom. The lowest BCUT2D eigenvalue weighted by Crippen LogP contribution is -2.42. The lowest BCUT2D eigenvalue weighted by molar-refractivity contribution is -0.125. The first-order chi connectivity index (χ1) is 14.1. The molecule has 8 heteroatoms. The van der Waals surface area contributed by atoms with Crippen LogP contribution in [0.5, 0.6) is 0 Å². The predicted molar refractivity (Wildman–Crippen MR) is 112 cm³/mol. The maximum atomic E-state index is 12.6. The first kappa shape index (κ1) is 19.6. The van der Waals surface area contributed by atoms with Gasteiger partial charge in [0.05, 0.1) is 12.5 Å². The van der Waals surface area contributed by atoms with E-state index in [1.807, 2.05) is 42.8 Å². The highest BCUT2D eigenvalue weighted by atomic mass is 32.1. The Labute approximate surface area is 173 Å². The van der Waals surface area contributed by atoms with Gasteiger partial charge in [-0.05, 0) is 43.5 Å². The molecule has 7 nitrogen and oxygen atoms in total. The molecule has 0 unspecified atom stereocenters. The van der Waals surface area contributed by atoms with E-state index in [1.54, 1.807) is 17.4 Å². The largest absolute Gasteiger partial charge is 0.432 e. The number of benzene rings is 1. The number of oxazole rings is 1. The van der Waals surface area contributed by atoms with Gasteiger partial charge < -0.3 is 20.0 Å². The van der Waals surface area contributed by atoms with Crippen LogP contribution < -0.4 is 10.6 Å². The quantitative estimate of drug-likeness (QED) is 0.673. The molecule has 0 bridgehead atoms. The molecule has 0 radical (unpaired) electrons. The molecule has 152 valence electrons. The van der Waals surface area contributed by atoms with Crippen molar-refractivity contribution >= 4 is 34.3 Å². The van der Waals surface area contributed by atoms with E-state index in [2.05, 4.69) is 20.5 Å². The van der Waals surface area contributed by atoms with Gasteiger partial charge in [0.1, 0.15) is 5.52 Å². The van der Waals surface area contributed by atoms with Crippen molar-refractivity contribution in [1.82, 2.24) is 20.5 Å². The molecule has 1 aromatic carbocycles. The number of carbonyl (C=O) groups excluding carboxylic acids is 2. The Bertz CT molecular complexity index is 952. The van der Waals surface area contributed by atoms with E-state index in [9.17, 15) is 9.59 Å². The summed E-state index contributed by atoms with van der Waals surface area (Å²) >= 11 is 1.64. The first-order valence-corrected chi connectivity index (χ1v) is 10.6. The van der Waals surface area contributed by atoms with Crippen molar-refractivity contribution in [2.24, 2.45) is 5.92 Å². The van der Waals surface area contributed by atoms with Crippen molar-refractivity contribution in [3.63, 3.8) is 0 Å². The number of amides is 2. The molecular weight excluding hydrogens is 388 g/mol. The minimum atomic E-state index is -0.319. The fraction of sp³-hybridized carbons (Fsp3) is 0.381. The summed E-state index contributed by atoms with van der Waals surface area (Å²) in [6, 6.07) is 11.2. The Kier molecular flexibility index (Phi) is 5.92. The van der Waals surface area contributed by atoms with Crippen LogP contribution in [0.15, 0.2) is 46.2 Å². The van der Waals surface area contributed by atoms with Crippen LogP contribution >= 0.6 is 11.3 Å². The van der Waals surface area contributed by atoms with E-state index in [1.165, 1.54) is 0 Å². The maximum absolute atomic E-state index is 12.6. The van der Waals surface area contributed by atoms with Gasteiger partial charge in [-0.1, -0.05) is 18.2 Å². The molecule has 1 aliphatic rings. The second kappa shape index (κ2) is 8.75. The second-order valence-corrected chi connectivity index (χ2v) is 8.48. The van der Waals surface area contributed by atoms with Gasteiger partial charge in [-0.25, -0.2) is 4.98 Å². The Morgan fingerprint density at radius 1 is 1.21 bits per heavy atom. The Morgan fingerprint density at radius 3 is 2.86 bits per heavy atom. The topological polar surface area (TPSA) is 87.5 Å². The number of likely N-dealkylation sites (tertiary alicyclic amines) is 1. The second-order valence-electron chi connectivity index (χ2n) is 7.45. The van der Waals surface area contributed by atoms with Crippen molar-refractivity contribution < 1.29 is 14.0 Å². The molecule has 1 saturated heterocycles. The monoisotopic (exact) mass is 412 g/mol. The highest BCUT2D eigenvalue weighted by molar-refractivity contribution is 7.09. The maximum Gasteiger partial charge on any atom is 0.307 e. The molecule has 2 N–H and O–H groups in total. The molecule has 3 aromatic rings. The van der Waals surface area contributed by atoms with Gasteiger partial charge in [-0.15, -0.1) is 11.3 Å². The smallest absolute Gasteiger partial charge is 0.307 e. The average molecular weight is 413 g/mol. The number of hydrogen-bond donors (Lipinski definition) is 2. The lowest BCUT2D eigenvalue weighted by Gasteiger charge is -2.21. The highest BCUT2D eigenvalue weighted by Crippen LogP contribution is 2.19. The zero-order valence-corrected chi connectivity index (χ0v) is 17.1. The van der Waals surface area contributed by atoms with Crippen LogP contribution in [0.25, 0.3) is 11.1 Å². The van der Waals surface area contributed by atoms with Crippen LogP contribution in [0.2, 0.25) is 0 Å². The van der Waals surface area contributed by atoms with Crippen molar-refractivity contribution in [1.29, 1.82) is 0 Å². The minimum absolute atomic E-state index is 0.0578. The van der Waals surface area contributed by atoms with Crippen molar-refractivity contribution in [3.8, 4) is 0 Å². The number of hydrogen-bond acceptors (Lipinski definition) is 6. The number of carbonyl (C=O) groups is 2. The van der Waals surface area contributed by atoms with Crippen LogP contribution in [0.3, 0.4) is 0 Å².